The second-order valence-corrected chi connectivity index (χ2v) is 15.0. The summed E-state index contributed by atoms with van der Waals surface area (Å²) in [5, 5.41) is 9.53. The molecule has 2 heterocycles. The molecule has 0 aliphatic carbocycles. The van der Waals surface area contributed by atoms with Gasteiger partial charge in [0.15, 0.2) is 17.5 Å². The van der Waals surface area contributed by atoms with Crippen molar-refractivity contribution >= 4 is 63.8 Å². The van der Waals surface area contributed by atoms with Gasteiger partial charge in [0.2, 0.25) is 0 Å². The second-order valence-electron chi connectivity index (χ2n) is 13.9. The fourth-order valence-corrected chi connectivity index (χ4v) is 9.35. The van der Waals surface area contributed by atoms with Crippen molar-refractivity contribution in [2.45, 2.75) is 0 Å². The van der Waals surface area contributed by atoms with Crippen LogP contribution in [0.3, 0.4) is 0 Å². The molecule has 0 spiro atoms. The maximum absolute atomic E-state index is 5.42. The summed E-state index contributed by atoms with van der Waals surface area (Å²) in [5.41, 5.74) is 7.52. The van der Waals surface area contributed by atoms with E-state index in [0.717, 1.165) is 44.2 Å². The molecule has 0 N–H and O–H groups in total. The molecule has 3 nitrogen and oxygen atoms in total. The SMILES string of the molecule is c1ccc2c(-c3ccc(-c4nc(-c5c(-c6cccc7ccccc67)ccc6ccccc56)nc(-c5cccc6c5sc5ccccc56)n4)cc3)cccc2c1. The fraction of sp³-hybridized carbons (Fsp3) is 0. The largest absolute Gasteiger partial charge is 0.208 e. The molecule has 256 valence electrons. The first kappa shape index (κ1) is 31.5. The molecule has 0 aliphatic rings. The Morgan fingerprint density at radius 2 is 0.800 bits per heavy atom. The minimum Gasteiger partial charge on any atom is -0.208 e. The zero-order valence-electron chi connectivity index (χ0n) is 29.6. The van der Waals surface area contributed by atoms with Crippen molar-refractivity contribution in [2.24, 2.45) is 0 Å². The van der Waals surface area contributed by atoms with Gasteiger partial charge in [-0.15, -0.1) is 11.3 Å². The van der Waals surface area contributed by atoms with Crippen molar-refractivity contribution in [2.75, 3.05) is 0 Å². The van der Waals surface area contributed by atoms with E-state index in [0.29, 0.717) is 17.5 Å². The van der Waals surface area contributed by atoms with E-state index in [1.165, 1.54) is 47.3 Å². The molecule has 0 amide bonds. The van der Waals surface area contributed by atoms with Gasteiger partial charge in [0.05, 0.1) is 0 Å². The highest BCUT2D eigenvalue weighted by Gasteiger charge is 2.21. The number of hydrogen-bond donors (Lipinski definition) is 0. The van der Waals surface area contributed by atoms with Crippen LogP contribution in [-0.4, -0.2) is 15.0 Å². The number of benzene rings is 9. The lowest BCUT2D eigenvalue weighted by Gasteiger charge is -2.16. The summed E-state index contributed by atoms with van der Waals surface area (Å²) < 4.78 is 2.42. The van der Waals surface area contributed by atoms with E-state index < -0.39 is 0 Å². The van der Waals surface area contributed by atoms with Gasteiger partial charge in [0.25, 0.3) is 0 Å². The maximum Gasteiger partial charge on any atom is 0.165 e. The fourth-order valence-electron chi connectivity index (χ4n) is 8.13. The average molecular weight is 718 g/mol. The molecule has 0 saturated carbocycles. The van der Waals surface area contributed by atoms with Gasteiger partial charge in [-0.2, -0.15) is 0 Å². The van der Waals surface area contributed by atoms with Crippen LogP contribution in [0.15, 0.2) is 188 Å². The van der Waals surface area contributed by atoms with E-state index >= 15 is 0 Å². The van der Waals surface area contributed by atoms with E-state index in [1.807, 2.05) is 0 Å². The standard InChI is InChI=1S/C51H31N3S/c1-4-17-37-32(12-1)15-9-21-38(37)35-26-28-36(29-27-35)49-52-50(45-24-11-23-44-42-20-7-8-25-46(42)55-48(44)45)54-51(53-49)47-40-19-6-3-14-34(40)30-31-43(47)41-22-10-16-33-13-2-5-18-39(33)41/h1-31H. The van der Waals surface area contributed by atoms with Gasteiger partial charge in [-0.25, -0.2) is 15.0 Å². The summed E-state index contributed by atoms with van der Waals surface area (Å²) in [7, 11) is 0. The van der Waals surface area contributed by atoms with Crippen LogP contribution in [0.25, 0.3) is 109 Å². The predicted molar refractivity (Wildman–Crippen MR) is 232 cm³/mol. The molecule has 0 radical (unpaired) electrons. The molecule has 0 unspecified atom stereocenters. The molecule has 0 bridgehead atoms. The van der Waals surface area contributed by atoms with Crippen LogP contribution >= 0.6 is 11.3 Å². The van der Waals surface area contributed by atoms with Crippen LogP contribution in [-0.2, 0) is 0 Å². The summed E-state index contributed by atoms with van der Waals surface area (Å²) in [5.74, 6) is 1.95. The molecule has 11 aromatic rings. The number of thiophene rings is 1. The van der Waals surface area contributed by atoms with Crippen molar-refractivity contribution in [1.82, 2.24) is 15.0 Å². The minimum absolute atomic E-state index is 0.638. The molecule has 2 aromatic heterocycles. The zero-order valence-corrected chi connectivity index (χ0v) is 30.5. The number of aromatic nitrogens is 3. The first-order chi connectivity index (χ1) is 27.3. The lowest BCUT2D eigenvalue weighted by Crippen LogP contribution is -2.02. The van der Waals surface area contributed by atoms with Crippen LogP contribution in [0.2, 0.25) is 0 Å². The number of nitrogens with zero attached hydrogens (tertiary/aromatic N) is 3. The normalized spacial score (nSPS) is 11.6. The number of rotatable bonds is 5. The van der Waals surface area contributed by atoms with Gasteiger partial charge in [-0.05, 0) is 66.7 Å². The highest BCUT2D eigenvalue weighted by molar-refractivity contribution is 7.26. The molecule has 11 rings (SSSR count). The molecular weight excluding hydrogens is 687 g/mol. The monoisotopic (exact) mass is 717 g/mol. The summed E-state index contributed by atoms with van der Waals surface area (Å²) in [6.45, 7) is 0. The first-order valence-electron chi connectivity index (χ1n) is 18.5. The molecule has 0 atom stereocenters. The van der Waals surface area contributed by atoms with Gasteiger partial charge >= 0.3 is 0 Å². The third-order valence-corrected chi connectivity index (χ3v) is 12.0. The molecule has 0 aliphatic heterocycles. The molecule has 0 fully saturated rings. The number of fused-ring (bicyclic) bond motifs is 6. The predicted octanol–water partition coefficient (Wildman–Crippen LogP) is 14.0. The lowest BCUT2D eigenvalue weighted by molar-refractivity contribution is 1.08. The Labute approximate surface area is 321 Å². The summed E-state index contributed by atoms with van der Waals surface area (Å²) in [6.07, 6.45) is 0. The van der Waals surface area contributed by atoms with Crippen LogP contribution in [0.1, 0.15) is 0 Å². The van der Waals surface area contributed by atoms with E-state index in [4.69, 9.17) is 15.0 Å². The molecule has 55 heavy (non-hydrogen) atoms. The third-order valence-electron chi connectivity index (χ3n) is 10.8. The highest BCUT2D eigenvalue weighted by Crippen LogP contribution is 2.43. The van der Waals surface area contributed by atoms with Crippen molar-refractivity contribution < 1.29 is 0 Å². The molecule has 0 saturated heterocycles. The Hall–Kier alpha value is -7.01. The van der Waals surface area contributed by atoms with Crippen molar-refractivity contribution in [3.63, 3.8) is 0 Å². The Balaban J connectivity index is 1.17. The van der Waals surface area contributed by atoms with Crippen molar-refractivity contribution in [1.29, 1.82) is 0 Å². The zero-order chi connectivity index (χ0) is 36.3. The maximum atomic E-state index is 5.42. The van der Waals surface area contributed by atoms with Gasteiger partial charge in [0, 0.05) is 36.9 Å². The molecule has 4 heteroatoms. The smallest absolute Gasteiger partial charge is 0.165 e. The van der Waals surface area contributed by atoms with Crippen LogP contribution in [0, 0.1) is 0 Å². The van der Waals surface area contributed by atoms with Crippen molar-refractivity contribution in [3.05, 3.63) is 188 Å². The third kappa shape index (κ3) is 5.30. The van der Waals surface area contributed by atoms with Gasteiger partial charge in [0.1, 0.15) is 0 Å². The van der Waals surface area contributed by atoms with E-state index in [9.17, 15) is 0 Å². The Morgan fingerprint density at radius 1 is 0.291 bits per heavy atom. The van der Waals surface area contributed by atoms with E-state index in [1.54, 1.807) is 11.3 Å². The minimum atomic E-state index is 0.638. The quantitative estimate of drug-likeness (QED) is 0.178. The average Bonchev–Trinajstić information content (AvgIpc) is 3.64. The van der Waals surface area contributed by atoms with Crippen LogP contribution in [0.5, 0.6) is 0 Å². The van der Waals surface area contributed by atoms with E-state index in [-0.39, 0.29) is 0 Å². The summed E-state index contributed by atoms with van der Waals surface area (Å²) in [6, 6.07) is 66.9. The second kappa shape index (κ2) is 12.8. The Kier molecular flexibility index (Phi) is 7.35. The topological polar surface area (TPSA) is 38.7 Å². The van der Waals surface area contributed by atoms with Crippen molar-refractivity contribution in [3.8, 4) is 56.4 Å². The first-order valence-corrected chi connectivity index (χ1v) is 19.3. The molecular formula is C51H31N3S. The lowest BCUT2D eigenvalue weighted by atomic mass is 9.90. The summed E-state index contributed by atoms with van der Waals surface area (Å²) >= 11 is 1.79. The summed E-state index contributed by atoms with van der Waals surface area (Å²) in [4.78, 5) is 16.1. The van der Waals surface area contributed by atoms with E-state index in [2.05, 4.69) is 188 Å². The Morgan fingerprint density at radius 3 is 1.56 bits per heavy atom. The molecule has 9 aromatic carbocycles. The van der Waals surface area contributed by atoms with Gasteiger partial charge in [-0.3, -0.25) is 0 Å². The highest BCUT2D eigenvalue weighted by atomic mass is 32.1. The van der Waals surface area contributed by atoms with Crippen LogP contribution in [0.4, 0.5) is 0 Å². The van der Waals surface area contributed by atoms with Gasteiger partial charge in [-0.1, -0.05) is 176 Å². The Bertz CT molecular complexity index is 3260. The van der Waals surface area contributed by atoms with Crippen LogP contribution < -0.4 is 0 Å². The number of hydrogen-bond acceptors (Lipinski definition) is 4. The van der Waals surface area contributed by atoms with Gasteiger partial charge < -0.3 is 0 Å².